The number of guanidine groups is 1. The highest BCUT2D eigenvalue weighted by Gasteiger charge is 2.06. The Morgan fingerprint density at radius 3 is 2.52 bits per heavy atom. The fourth-order valence-electron chi connectivity index (χ4n) is 2.23. The van der Waals surface area contributed by atoms with Crippen LogP contribution in [0.25, 0.3) is 0 Å². The Kier molecular flexibility index (Phi) is 9.24. The fourth-order valence-corrected chi connectivity index (χ4v) is 2.23. The summed E-state index contributed by atoms with van der Waals surface area (Å²) in [5.41, 5.74) is 1.05. The molecule has 0 unspecified atom stereocenters. The summed E-state index contributed by atoms with van der Waals surface area (Å²) in [6.07, 6.45) is 1.03. The Bertz CT molecular complexity index is 464. The van der Waals surface area contributed by atoms with E-state index in [4.69, 9.17) is 4.74 Å². The number of halogens is 1. The van der Waals surface area contributed by atoms with Gasteiger partial charge in [-0.2, -0.15) is 0 Å². The Morgan fingerprint density at radius 1 is 1.22 bits per heavy atom. The van der Waals surface area contributed by atoms with Crippen molar-refractivity contribution in [1.82, 2.24) is 15.1 Å². The Hall–Kier alpha value is -1.66. The summed E-state index contributed by atoms with van der Waals surface area (Å²) in [5, 5.41) is 3.36. The third kappa shape index (κ3) is 7.95. The molecule has 0 amide bonds. The predicted octanol–water partition coefficient (Wildman–Crippen LogP) is 1.80. The molecular formula is C17H29FN4O. The molecule has 0 aliphatic rings. The van der Waals surface area contributed by atoms with Crippen LogP contribution in [-0.4, -0.2) is 70.3 Å². The minimum absolute atomic E-state index is 0.212. The van der Waals surface area contributed by atoms with E-state index in [9.17, 15) is 4.39 Å². The molecule has 0 fully saturated rings. The summed E-state index contributed by atoms with van der Waals surface area (Å²) in [6.45, 7) is 4.25. The van der Waals surface area contributed by atoms with Crippen molar-refractivity contribution < 1.29 is 9.13 Å². The van der Waals surface area contributed by atoms with Gasteiger partial charge in [0, 0.05) is 40.8 Å². The van der Waals surface area contributed by atoms with Gasteiger partial charge in [0.15, 0.2) is 5.96 Å². The number of hydrogen-bond acceptors (Lipinski definition) is 3. The van der Waals surface area contributed by atoms with Crippen LogP contribution in [0.1, 0.15) is 12.0 Å². The van der Waals surface area contributed by atoms with Gasteiger partial charge in [0.1, 0.15) is 5.82 Å². The molecule has 0 heterocycles. The average Bonchev–Trinajstić information content (AvgIpc) is 2.55. The molecule has 1 aromatic rings. The predicted molar refractivity (Wildman–Crippen MR) is 93.2 cm³/mol. The van der Waals surface area contributed by atoms with E-state index in [1.54, 1.807) is 26.3 Å². The molecule has 1 rings (SSSR count). The Balaban J connectivity index is 2.31. The van der Waals surface area contributed by atoms with E-state index < -0.39 is 0 Å². The molecule has 130 valence electrons. The van der Waals surface area contributed by atoms with Crippen LogP contribution >= 0.6 is 0 Å². The van der Waals surface area contributed by atoms with Crippen molar-refractivity contribution in [3.63, 3.8) is 0 Å². The number of benzene rings is 1. The molecule has 0 saturated heterocycles. The lowest BCUT2D eigenvalue weighted by molar-refractivity contribution is 0.161. The first-order valence-corrected chi connectivity index (χ1v) is 7.90. The van der Waals surface area contributed by atoms with E-state index in [1.165, 1.54) is 12.1 Å². The molecule has 0 saturated carbocycles. The van der Waals surface area contributed by atoms with Gasteiger partial charge in [-0.05, 0) is 37.7 Å². The first-order valence-electron chi connectivity index (χ1n) is 7.90. The summed E-state index contributed by atoms with van der Waals surface area (Å²) in [4.78, 5) is 8.57. The van der Waals surface area contributed by atoms with Gasteiger partial charge in [-0.3, -0.25) is 4.99 Å². The summed E-state index contributed by atoms with van der Waals surface area (Å²) >= 11 is 0. The van der Waals surface area contributed by atoms with Crippen LogP contribution in [0.5, 0.6) is 0 Å². The van der Waals surface area contributed by atoms with Crippen molar-refractivity contribution in [2.45, 2.75) is 13.0 Å². The third-order valence-corrected chi connectivity index (χ3v) is 3.58. The molecule has 0 aliphatic carbocycles. The Morgan fingerprint density at radius 2 is 1.91 bits per heavy atom. The van der Waals surface area contributed by atoms with Crippen LogP contribution in [0.15, 0.2) is 29.3 Å². The maximum absolute atomic E-state index is 12.9. The highest BCUT2D eigenvalue weighted by atomic mass is 19.1. The second-order valence-electron chi connectivity index (χ2n) is 5.61. The first kappa shape index (κ1) is 19.4. The number of methoxy groups -OCH3 is 1. The highest BCUT2D eigenvalue weighted by Crippen LogP contribution is 2.05. The van der Waals surface area contributed by atoms with E-state index in [-0.39, 0.29) is 5.82 Å². The fraction of sp³-hybridized carbons (Fsp3) is 0.588. The topological polar surface area (TPSA) is 40.1 Å². The summed E-state index contributed by atoms with van der Waals surface area (Å²) < 4.78 is 18.0. The van der Waals surface area contributed by atoms with Crippen LogP contribution < -0.4 is 5.32 Å². The quantitative estimate of drug-likeness (QED) is 0.427. The normalized spacial score (nSPS) is 11.8. The molecular weight excluding hydrogens is 295 g/mol. The lowest BCUT2D eigenvalue weighted by Crippen LogP contribution is -2.39. The summed E-state index contributed by atoms with van der Waals surface area (Å²) in [5.74, 6) is 0.630. The van der Waals surface area contributed by atoms with Crippen molar-refractivity contribution in [3.05, 3.63) is 35.6 Å². The molecule has 0 spiro atoms. The van der Waals surface area contributed by atoms with E-state index in [0.29, 0.717) is 6.54 Å². The van der Waals surface area contributed by atoms with Crippen molar-refractivity contribution in [3.8, 4) is 0 Å². The highest BCUT2D eigenvalue weighted by molar-refractivity contribution is 5.79. The van der Waals surface area contributed by atoms with E-state index in [0.717, 1.165) is 44.2 Å². The zero-order chi connectivity index (χ0) is 17.1. The number of aliphatic imine (C=N–C) groups is 1. The number of likely N-dealkylation sites (N-methyl/N-ethyl adjacent to an activating group) is 1. The van der Waals surface area contributed by atoms with Gasteiger partial charge in [-0.1, -0.05) is 12.1 Å². The second kappa shape index (κ2) is 11.0. The number of ether oxygens (including phenoxy) is 1. The Labute approximate surface area is 139 Å². The number of rotatable bonds is 9. The van der Waals surface area contributed by atoms with Gasteiger partial charge in [0.05, 0.1) is 6.61 Å². The number of nitrogens with one attached hydrogen (secondary N) is 1. The van der Waals surface area contributed by atoms with E-state index >= 15 is 0 Å². The zero-order valence-corrected chi connectivity index (χ0v) is 14.7. The molecule has 0 aliphatic heterocycles. The maximum Gasteiger partial charge on any atom is 0.193 e. The third-order valence-electron chi connectivity index (χ3n) is 3.58. The van der Waals surface area contributed by atoms with Crippen LogP contribution in [0, 0.1) is 5.82 Å². The minimum Gasteiger partial charge on any atom is -0.383 e. The molecule has 0 bridgehead atoms. The van der Waals surface area contributed by atoms with Gasteiger partial charge in [0.2, 0.25) is 0 Å². The van der Waals surface area contributed by atoms with Crippen molar-refractivity contribution in [2.24, 2.45) is 4.99 Å². The summed E-state index contributed by atoms with van der Waals surface area (Å²) in [7, 11) is 7.56. The average molecular weight is 324 g/mol. The number of hydrogen-bond donors (Lipinski definition) is 1. The molecule has 1 N–H and O–H groups in total. The van der Waals surface area contributed by atoms with Gasteiger partial charge in [0.25, 0.3) is 0 Å². The standard InChI is InChI=1S/C17H29FN4O/c1-19-17(20-10-5-11-21(2)12-13-23-4)22(3)14-15-6-8-16(18)9-7-15/h6-9H,5,10-14H2,1-4H3,(H,19,20). The number of nitrogens with zero attached hydrogens (tertiary/aromatic N) is 3. The maximum atomic E-state index is 12.9. The minimum atomic E-state index is -0.212. The largest absolute Gasteiger partial charge is 0.383 e. The van der Waals surface area contributed by atoms with E-state index in [1.807, 2.05) is 11.9 Å². The molecule has 0 radical (unpaired) electrons. The van der Waals surface area contributed by atoms with Crippen molar-refractivity contribution in [2.75, 3.05) is 54.5 Å². The van der Waals surface area contributed by atoms with Crippen LogP contribution in [0.3, 0.4) is 0 Å². The molecule has 5 nitrogen and oxygen atoms in total. The van der Waals surface area contributed by atoms with Crippen molar-refractivity contribution >= 4 is 5.96 Å². The molecule has 6 heteroatoms. The summed E-state index contributed by atoms with van der Waals surface area (Å²) in [6, 6.07) is 6.55. The van der Waals surface area contributed by atoms with Crippen LogP contribution in [0.4, 0.5) is 4.39 Å². The van der Waals surface area contributed by atoms with Gasteiger partial charge in [-0.15, -0.1) is 0 Å². The second-order valence-corrected chi connectivity index (χ2v) is 5.61. The first-order chi connectivity index (χ1) is 11.1. The van der Waals surface area contributed by atoms with Gasteiger partial charge >= 0.3 is 0 Å². The van der Waals surface area contributed by atoms with Crippen molar-refractivity contribution in [1.29, 1.82) is 0 Å². The molecule has 0 atom stereocenters. The van der Waals surface area contributed by atoms with Crippen LogP contribution in [0.2, 0.25) is 0 Å². The smallest absolute Gasteiger partial charge is 0.193 e. The monoisotopic (exact) mass is 324 g/mol. The zero-order valence-electron chi connectivity index (χ0n) is 14.7. The SMILES string of the molecule is CN=C(NCCCN(C)CCOC)N(C)Cc1ccc(F)cc1. The lowest BCUT2D eigenvalue weighted by atomic mass is 10.2. The van der Waals surface area contributed by atoms with Crippen LogP contribution in [-0.2, 0) is 11.3 Å². The molecule has 23 heavy (non-hydrogen) atoms. The van der Waals surface area contributed by atoms with Gasteiger partial charge in [-0.25, -0.2) is 4.39 Å². The lowest BCUT2D eigenvalue weighted by Gasteiger charge is -2.23. The molecule has 0 aromatic heterocycles. The van der Waals surface area contributed by atoms with E-state index in [2.05, 4.69) is 22.3 Å². The van der Waals surface area contributed by atoms with Gasteiger partial charge < -0.3 is 19.9 Å². The molecule has 1 aromatic carbocycles.